The van der Waals surface area contributed by atoms with Gasteiger partial charge in [0, 0.05) is 18.2 Å². The molecule has 2 unspecified atom stereocenters. The van der Waals surface area contributed by atoms with Crippen molar-refractivity contribution in [2.45, 2.75) is 64.6 Å². The molecule has 1 N–H and O–H groups in total. The Morgan fingerprint density at radius 3 is 2.21 bits per heavy atom. The van der Waals surface area contributed by atoms with Gasteiger partial charge in [-0.1, -0.05) is 61.0 Å². The van der Waals surface area contributed by atoms with Crippen LogP contribution in [0.2, 0.25) is 0 Å². The summed E-state index contributed by atoms with van der Waals surface area (Å²) in [5, 5.41) is 2.86. The van der Waals surface area contributed by atoms with Crippen LogP contribution in [0.25, 0.3) is 0 Å². The van der Waals surface area contributed by atoms with E-state index in [2.05, 4.69) is 5.32 Å². The van der Waals surface area contributed by atoms with Crippen LogP contribution < -0.4 is 9.62 Å². The molecule has 2 amide bonds. The van der Waals surface area contributed by atoms with Gasteiger partial charge >= 0.3 is 0 Å². The third kappa shape index (κ3) is 7.23. The summed E-state index contributed by atoms with van der Waals surface area (Å²) in [7, 11) is -4.16. The molecule has 3 aromatic carbocycles. The molecule has 0 spiro atoms. The van der Waals surface area contributed by atoms with Crippen LogP contribution in [0.5, 0.6) is 0 Å². The summed E-state index contributed by atoms with van der Waals surface area (Å²) < 4.78 is 43.4. The van der Waals surface area contributed by atoms with Crippen molar-refractivity contribution in [3.63, 3.8) is 0 Å². The predicted octanol–water partition coefficient (Wildman–Crippen LogP) is 4.97. The average molecular weight is 554 g/mol. The van der Waals surface area contributed by atoms with Crippen molar-refractivity contribution in [1.29, 1.82) is 0 Å². The number of aryl methyl sites for hydroxylation is 2. The maximum atomic E-state index is 14.6. The second-order valence-electron chi connectivity index (χ2n) is 9.72. The van der Waals surface area contributed by atoms with Crippen LogP contribution in [0, 0.1) is 19.7 Å². The topological polar surface area (TPSA) is 86.8 Å². The smallest absolute Gasteiger partial charge is 0.264 e. The molecule has 0 aromatic heterocycles. The first-order valence-corrected chi connectivity index (χ1v) is 14.4. The highest BCUT2D eigenvalue weighted by Gasteiger charge is 2.33. The van der Waals surface area contributed by atoms with Gasteiger partial charge in [-0.15, -0.1) is 0 Å². The molecular weight excluding hydrogens is 517 g/mol. The number of rotatable bonds is 11. The molecule has 7 nitrogen and oxygen atoms in total. The van der Waals surface area contributed by atoms with E-state index in [0.717, 1.165) is 9.87 Å². The van der Waals surface area contributed by atoms with Crippen molar-refractivity contribution in [3.8, 4) is 0 Å². The number of hydrogen-bond acceptors (Lipinski definition) is 4. The van der Waals surface area contributed by atoms with Gasteiger partial charge in [0.25, 0.3) is 10.0 Å². The highest BCUT2D eigenvalue weighted by molar-refractivity contribution is 7.92. The van der Waals surface area contributed by atoms with Gasteiger partial charge in [0.05, 0.1) is 10.6 Å². The van der Waals surface area contributed by atoms with Gasteiger partial charge in [-0.3, -0.25) is 13.9 Å². The lowest BCUT2D eigenvalue weighted by Crippen LogP contribution is -2.52. The summed E-state index contributed by atoms with van der Waals surface area (Å²) in [6.45, 7) is 8.23. The van der Waals surface area contributed by atoms with Gasteiger partial charge in [-0.25, -0.2) is 12.8 Å². The highest BCUT2D eigenvalue weighted by Crippen LogP contribution is 2.28. The predicted molar refractivity (Wildman–Crippen MR) is 151 cm³/mol. The second kappa shape index (κ2) is 12.9. The molecule has 0 heterocycles. The Morgan fingerprint density at radius 1 is 0.949 bits per heavy atom. The fourth-order valence-corrected chi connectivity index (χ4v) is 5.68. The fourth-order valence-electron chi connectivity index (χ4n) is 4.18. The molecule has 208 valence electrons. The van der Waals surface area contributed by atoms with E-state index in [1.165, 1.54) is 29.2 Å². The van der Waals surface area contributed by atoms with Gasteiger partial charge in [0.15, 0.2) is 0 Å². The summed E-state index contributed by atoms with van der Waals surface area (Å²) in [5.74, 6) is -1.56. The molecule has 0 aliphatic rings. The molecule has 39 heavy (non-hydrogen) atoms. The molecule has 0 saturated carbocycles. The number of benzene rings is 3. The van der Waals surface area contributed by atoms with Gasteiger partial charge in [0.2, 0.25) is 11.8 Å². The molecule has 0 bridgehead atoms. The van der Waals surface area contributed by atoms with Gasteiger partial charge in [-0.05, 0) is 63.9 Å². The standard InChI is InChI=1S/C30H36FN3O4S/c1-6-23(4)32-30(36)24(5)33(19-25-12-10-11-15-27(25)31)29(35)20-34(28-17-16-21(2)18-22(28)3)39(37,38)26-13-8-7-9-14-26/h7-18,23-24H,6,19-20H2,1-5H3,(H,32,36). The van der Waals surface area contributed by atoms with Crippen molar-refractivity contribution >= 4 is 27.5 Å². The Kier molecular flexibility index (Phi) is 9.86. The number of hydrogen-bond donors (Lipinski definition) is 1. The van der Waals surface area contributed by atoms with Crippen LogP contribution in [0.4, 0.5) is 10.1 Å². The first kappa shape index (κ1) is 29.8. The van der Waals surface area contributed by atoms with Crippen LogP contribution in [-0.4, -0.2) is 43.8 Å². The number of amides is 2. The van der Waals surface area contributed by atoms with E-state index in [-0.39, 0.29) is 23.0 Å². The zero-order valence-electron chi connectivity index (χ0n) is 23.0. The molecule has 9 heteroatoms. The summed E-state index contributed by atoms with van der Waals surface area (Å²) in [6, 6.07) is 18.0. The monoisotopic (exact) mass is 553 g/mol. The molecule has 3 rings (SSSR count). The lowest BCUT2D eigenvalue weighted by Gasteiger charge is -2.33. The summed E-state index contributed by atoms with van der Waals surface area (Å²) in [6.07, 6.45) is 0.690. The van der Waals surface area contributed by atoms with Crippen LogP contribution in [0.15, 0.2) is 77.7 Å². The largest absolute Gasteiger partial charge is 0.352 e. The Morgan fingerprint density at radius 2 is 1.59 bits per heavy atom. The third-order valence-electron chi connectivity index (χ3n) is 6.70. The third-order valence-corrected chi connectivity index (χ3v) is 8.47. The van der Waals surface area contributed by atoms with Gasteiger partial charge in [0.1, 0.15) is 18.4 Å². The maximum Gasteiger partial charge on any atom is 0.264 e. The molecule has 2 atom stereocenters. The second-order valence-corrected chi connectivity index (χ2v) is 11.6. The van der Waals surface area contributed by atoms with Gasteiger partial charge < -0.3 is 10.2 Å². The van der Waals surface area contributed by atoms with Crippen molar-refractivity contribution in [2.75, 3.05) is 10.8 Å². The van der Waals surface area contributed by atoms with Gasteiger partial charge in [-0.2, -0.15) is 0 Å². The van der Waals surface area contributed by atoms with E-state index in [4.69, 9.17) is 0 Å². The first-order valence-electron chi connectivity index (χ1n) is 12.9. The Bertz CT molecular complexity index is 1410. The van der Waals surface area contributed by atoms with E-state index < -0.39 is 40.2 Å². The lowest BCUT2D eigenvalue weighted by atomic mass is 10.1. The molecule has 0 radical (unpaired) electrons. The number of nitrogens with one attached hydrogen (secondary N) is 1. The minimum Gasteiger partial charge on any atom is -0.352 e. The SMILES string of the molecule is CCC(C)NC(=O)C(C)N(Cc1ccccc1F)C(=O)CN(c1ccc(C)cc1C)S(=O)(=O)c1ccccc1. The van der Waals surface area contributed by atoms with E-state index in [0.29, 0.717) is 17.7 Å². The zero-order valence-corrected chi connectivity index (χ0v) is 23.8. The van der Waals surface area contributed by atoms with E-state index in [1.807, 2.05) is 26.8 Å². The minimum atomic E-state index is -4.16. The van der Waals surface area contributed by atoms with Crippen LogP contribution in [0.1, 0.15) is 43.9 Å². The number of carbonyl (C=O) groups excluding carboxylic acids is 2. The summed E-state index contributed by atoms with van der Waals surface area (Å²) >= 11 is 0. The number of halogens is 1. The Balaban J connectivity index is 2.06. The zero-order chi connectivity index (χ0) is 28.7. The number of anilines is 1. The molecule has 0 aliphatic heterocycles. The first-order chi connectivity index (χ1) is 18.4. The quantitative estimate of drug-likeness (QED) is 0.363. The molecular formula is C30H36FN3O4S. The van der Waals surface area contributed by atoms with Crippen LogP contribution in [0.3, 0.4) is 0 Å². The van der Waals surface area contributed by atoms with Crippen LogP contribution in [-0.2, 0) is 26.2 Å². The van der Waals surface area contributed by atoms with Crippen molar-refractivity contribution in [1.82, 2.24) is 10.2 Å². The molecule has 0 fully saturated rings. The highest BCUT2D eigenvalue weighted by atomic mass is 32.2. The number of sulfonamides is 1. The lowest BCUT2D eigenvalue weighted by molar-refractivity contribution is -0.139. The molecule has 3 aromatic rings. The fraction of sp³-hybridized carbons (Fsp3) is 0.333. The van der Waals surface area contributed by atoms with Crippen molar-refractivity contribution < 1.29 is 22.4 Å². The normalized spacial score (nSPS) is 12.9. The van der Waals surface area contributed by atoms with Crippen LogP contribution >= 0.6 is 0 Å². The summed E-state index contributed by atoms with van der Waals surface area (Å²) in [5.41, 5.74) is 2.18. The molecule has 0 saturated heterocycles. The van der Waals surface area contributed by atoms with E-state index in [9.17, 15) is 22.4 Å². The van der Waals surface area contributed by atoms with Crippen molar-refractivity contribution in [3.05, 3.63) is 95.3 Å². The molecule has 0 aliphatic carbocycles. The average Bonchev–Trinajstić information content (AvgIpc) is 2.91. The maximum absolute atomic E-state index is 14.6. The number of carbonyl (C=O) groups is 2. The Hall–Kier alpha value is -3.72. The summed E-state index contributed by atoms with van der Waals surface area (Å²) in [4.78, 5) is 28.2. The Labute approximate surface area is 230 Å². The van der Waals surface area contributed by atoms with E-state index >= 15 is 0 Å². The van der Waals surface area contributed by atoms with E-state index in [1.54, 1.807) is 56.3 Å². The minimum absolute atomic E-state index is 0.0287. The number of nitrogens with zero attached hydrogens (tertiary/aromatic N) is 2. The van der Waals surface area contributed by atoms with Crippen molar-refractivity contribution in [2.24, 2.45) is 0 Å².